The van der Waals surface area contributed by atoms with Gasteiger partial charge in [0.25, 0.3) is 5.60 Å². The number of ether oxygens (including phenoxy) is 4. The number of carbonyl (C=O) groups is 2. The van der Waals surface area contributed by atoms with Crippen molar-refractivity contribution in [3.05, 3.63) is 41.5 Å². The summed E-state index contributed by atoms with van der Waals surface area (Å²) in [4.78, 5) is 26.0. The van der Waals surface area contributed by atoms with E-state index in [0.717, 1.165) is 11.1 Å². The van der Waals surface area contributed by atoms with Gasteiger partial charge < -0.3 is 18.9 Å². The predicted octanol–water partition coefficient (Wildman–Crippen LogP) is 2.37. The summed E-state index contributed by atoms with van der Waals surface area (Å²) in [5, 5.41) is 0. The lowest BCUT2D eigenvalue weighted by molar-refractivity contribution is -0.186. The molecule has 1 fully saturated rings. The number of hydrogen-bond donors (Lipinski definition) is 0. The average molecular weight is 360 g/mol. The Morgan fingerprint density at radius 2 is 1.65 bits per heavy atom. The number of hydrogen-bond acceptors (Lipinski definition) is 6. The molecule has 26 heavy (non-hydrogen) atoms. The van der Waals surface area contributed by atoms with Gasteiger partial charge in [-0.2, -0.15) is 0 Å². The Hall–Kier alpha value is -2.18. The van der Waals surface area contributed by atoms with E-state index in [2.05, 4.69) is 0 Å². The molecule has 0 aromatic heterocycles. The minimum absolute atomic E-state index is 0.133. The quantitative estimate of drug-likeness (QED) is 0.593. The average Bonchev–Trinajstić information content (AvgIpc) is 3.03. The van der Waals surface area contributed by atoms with Crippen LogP contribution in [0.2, 0.25) is 0 Å². The van der Waals surface area contributed by atoms with Gasteiger partial charge in [-0.3, -0.25) is 0 Å². The Balaban J connectivity index is 2.27. The van der Waals surface area contributed by atoms with Crippen LogP contribution < -0.4 is 0 Å². The molecular formula is C20H24O6. The SMILES string of the molecule is CCOC(=O)C1(C(=O)OCC)OC[C@@]2(C)COCC2=C1c1ccccc1. The second kappa shape index (κ2) is 7.21. The smallest absolute Gasteiger partial charge is 0.355 e. The maximum Gasteiger partial charge on any atom is 0.355 e. The Labute approximate surface area is 153 Å². The van der Waals surface area contributed by atoms with Crippen molar-refractivity contribution in [3.8, 4) is 0 Å². The van der Waals surface area contributed by atoms with Crippen molar-refractivity contribution in [3.63, 3.8) is 0 Å². The Morgan fingerprint density at radius 3 is 2.23 bits per heavy atom. The molecule has 0 aliphatic carbocycles. The van der Waals surface area contributed by atoms with E-state index in [0.29, 0.717) is 18.8 Å². The molecule has 6 heteroatoms. The highest BCUT2D eigenvalue weighted by atomic mass is 16.6. The second-order valence-corrected chi connectivity index (χ2v) is 6.68. The van der Waals surface area contributed by atoms with Gasteiger partial charge in [0.1, 0.15) is 0 Å². The van der Waals surface area contributed by atoms with E-state index in [9.17, 15) is 9.59 Å². The topological polar surface area (TPSA) is 71.1 Å². The number of carbonyl (C=O) groups excluding carboxylic acids is 2. The normalized spacial score (nSPS) is 24.1. The summed E-state index contributed by atoms with van der Waals surface area (Å²) in [6.45, 7) is 6.65. The third kappa shape index (κ3) is 2.83. The first-order valence-corrected chi connectivity index (χ1v) is 8.85. The molecule has 3 rings (SSSR count). The van der Waals surface area contributed by atoms with Gasteiger partial charge in [0.2, 0.25) is 0 Å². The van der Waals surface area contributed by atoms with Crippen molar-refractivity contribution in [1.29, 1.82) is 0 Å². The fourth-order valence-corrected chi connectivity index (χ4v) is 3.55. The first-order valence-electron chi connectivity index (χ1n) is 8.85. The lowest BCUT2D eigenvalue weighted by atomic mass is 9.72. The Bertz CT molecular complexity index is 705. The van der Waals surface area contributed by atoms with Crippen LogP contribution in [-0.4, -0.2) is 50.6 Å². The molecule has 0 saturated carbocycles. The van der Waals surface area contributed by atoms with Gasteiger partial charge in [0.05, 0.1) is 33.0 Å². The van der Waals surface area contributed by atoms with Gasteiger partial charge in [-0.25, -0.2) is 9.59 Å². The molecule has 2 heterocycles. The lowest BCUT2D eigenvalue weighted by Gasteiger charge is -2.41. The zero-order valence-corrected chi connectivity index (χ0v) is 15.4. The van der Waals surface area contributed by atoms with Crippen molar-refractivity contribution < 1.29 is 28.5 Å². The van der Waals surface area contributed by atoms with Crippen LogP contribution in [0.25, 0.3) is 5.57 Å². The summed E-state index contributed by atoms with van der Waals surface area (Å²) in [6.07, 6.45) is 0. The molecule has 140 valence electrons. The van der Waals surface area contributed by atoms with Crippen LogP contribution >= 0.6 is 0 Å². The Morgan fingerprint density at radius 1 is 1.04 bits per heavy atom. The molecule has 1 saturated heterocycles. The third-order valence-corrected chi connectivity index (χ3v) is 4.84. The summed E-state index contributed by atoms with van der Waals surface area (Å²) < 4.78 is 22.2. The van der Waals surface area contributed by atoms with E-state index >= 15 is 0 Å². The molecule has 6 nitrogen and oxygen atoms in total. The molecule has 1 aromatic carbocycles. The maximum atomic E-state index is 13.0. The summed E-state index contributed by atoms with van der Waals surface area (Å²) in [7, 11) is 0. The molecule has 2 aliphatic heterocycles. The van der Waals surface area contributed by atoms with Gasteiger partial charge in [-0.05, 0) is 25.0 Å². The van der Waals surface area contributed by atoms with E-state index in [1.54, 1.807) is 13.8 Å². The predicted molar refractivity (Wildman–Crippen MR) is 94.2 cm³/mol. The molecule has 0 radical (unpaired) electrons. The second-order valence-electron chi connectivity index (χ2n) is 6.68. The van der Waals surface area contributed by atoms with Crippen LogP contribution in [0.3, 0.4) is 0 Å². The zero-order valence-electron chi connectivity index (χ0n) is 15.4. The van der Waals surface area contributed by atoms with Crippen molar-refractivity contribution >= 4 is 17.5 Å². The van der Waals surface area contributed by atoms with Gasteiger partial charge in [0, 0.05) is 11.0 Å². The third-order valence-electron chi connectivity index (χ3n) is 4.84. The maximum absolute atomic E-state index is 13.0. The van der Waals surface area contributed by atoms with Gasteiger partial charge >= 0.3 is 11.9 Å². The zero-order chi connectivity index (χ0) is 18.8. The fourth-order valence-electron chi connectivity index (χ4n) is 3.55. The first-order chi connectivity index (χ1) is 12.5. The highest BCUT2D eigenvalue weighted by Crippen LogP contribution is 2.49. The fraction of sp³-hybridized carbons (Fsp3) is 0.500. The summed E-state index contributed by atoms with van der Waals surface area (Å²) >= 11 is 0. The highest BCUT2D eigenvalue weighted by Gasteiger charge is 2.61. The molecule has 0 unspecified atom stereocenters. The van der Waals surface area contributed by atoms with E-state index < -0.39 is 23.0 Å². The summed E-state index contributed by atoms with van der Waals surface area (Å²) in [5.41, 5.74) is -0.235. The largest absolute Gasteiger partial charge is 0.463 e. The van der Waals surface area contributed by atoms with Crippen molar-refractivity contribution in [2.45, 2.75) is 26.4 Å². The van der Waals surface area contributed by atoms with Crippen LogP contribution in [0.15, 0.2) is 35.9 Å². The van der Waals surface area contributed by atoms with Crippen LogP contribution in [0.5, 0.6) is 0 Å². The Kier molecular flexibility index (Phi) is 5.16. The van der Waals surface area contributed by atoms with Crippen LogP contribution in [0.4, 0.5) is 0 Å². The number of esters is 2. The summed E-state index contributed by atoms with van der Waals surface area (Å²) in [5.74, 6) is -1.50. The van der Waals surface area contributed by atoms with Gasteiger partial charge in [-0.15, -0.1) is 0 Å². The molecule has 0 amide bonds. The highest BCUT2D eigenvalue weighted by molar-refractivity contribution is 6.17. The van der Waals surface area contributed by atoms with Crippen LogP contribution in [0, 0.1) is 5.41 Å². The van der Waals surface area contributed by atoms with Crippen molar-refractivity contribution in [1.82, 2.24) is 0 Å². The van der Waals surface area contributed by atoms with E-state index in [1.807, 2.05) is 37.3 Å². The number of rotatable bonds is 5. The van der Waals surface area contributed by atoms with Gasteiger partial charge in [-0.1, -0.05) is 37.3 Å². The first kappa shape index (κ1) is 18.6. The molecule has 0 spiro atoms. The standard InChI is InChI=1S/C20H24O6/c1-4-24-17(21)20(18(22)25-5-2)16(14-9-7-6-8-10-14)15-11-23-12-19(15,3)13-26-20/h6-10H,4-5,11-13H2,1-3H3/t19-/m1/s1. The molecular weight excluding hydrogens is 336 g/mol. The van der Waals surface area contributed by atoms with E-state index in [4.69, 9.17) is 18.9 Å². The number of fused-ring (bicyclic) bond motifs is 1. The molecule has 1 atom stereocenters. The van der Waals surface area contributed by atoms with E-state index in [1.165, 1.54) is 0 Å². The van der Waals surface area contributed by atoms with Gasteiger partial charge in [0.15, 0.2) is 0 Å². The minimum Gasteiger partial charge on any atom is -0.463 e. The summed E-state index contributed by atoms with van der Waals surface area (Å²) in [6, 6.07) is 9.28. The van der Waals surface area contributed by atoms with Crippen LogP contribution in [0.1, 0.15) is 26.3 Å². The molecule has 1 aromatic rings. The minimum atomic E-state index is -1.93. The molecule has 0 N–H and O–H groups in total. The van der Waals surface area contributed by atoms with Crippen LogP contribution in [-0.2, 0) is 28.5 Å². The number of benzene rings is 1. The molecule has 0 bridgehead atoms. The van der Waals surface area contributed by atoms with E-state index in [-0.39, 0.29) is 19.8 Å². The lowest BCUT2D eigenvalue weighted by Crippen LogP contribution is -2.57. The van der Waals surface area contributed by atoms with Crippen molar-refractivity contribution in [2.24, 2.45) is 5.41 Å². The monoisotopic (exact) mass is 360 g/mol. The molecule has 2 aliphatic rings. The van der Waals surface area contributed by atoms with Crippen molar-refractivity contribution in [2.75, 3.05) is 33.0 Å².